The number of carbonyl (C=O) groups is 2. The Labute approximate surface area is 169 Å². The van der Waals surface area contributed by atoms with Gasteiger partial charge in [0.25, 0.3) is 6.47 Å². The minimum absolute atomic E-state index is 0.0658. The van der Waals surface area contributed by atoms with Crippen molar-refractivity contribution in [1.29, 1.82) is 0 Å². The second-order valence-electron chi connectivity index (χ2n) is 7.84. The lowest BCUT2D eigenvalue weighted by molar-refractivity contribution is -0.130. The van der Waals surface area contributed by atoms with Crippen molar-refractivity contribution < 1.29 is 24.3 Å². The number of carbonyl (C=O) groups excluding carboxylic acids is 1. The van der Waals surface area contributed by atoms with Gasteiger partial charge in [-0.3, -0.25) is 9.59 Å². The molecule has 2 fully saturated rings. The molecule has 0 bridgehead atoms. The average molecular weight is 404 g/mol. The van der Waals surface area contributed by atoms with E-state index in [0.29, 0.717) is 24.7 Å². The summed E-state index contributed by atoms with van der Waals surface area (Å²) in [5.41, 5.74) is 1.92. The van der Waals surface area contributed by atoms with Crippen molar-refractivity contribution in [3.63, 3.8) is 0 Å². The minimum Gasteiger partial charge on any atom is -0.483 e. The summed E-state index contributed by atoms with van der Waals surface area (Å²) in [5, 5.41) is 21.4. The van der Waals surface area contributed by atoms with Crippen LogP contribution in [0.3, 0.4) is 0 Å². The number of aliphatic hydroxyl groups is 1. The number of aliphatic hydroxyl groups excluding tert-OH is 1. The molecule has 2 aromatic rings. The Morgan fingerprint density at radius 1 is 1.31 bits per heavy atom. The number of imidazole rings is 1. The van der Waals surface area contributed by atoms with Crippen LogP contribution in [-0.4, -0.2) is 61.4 Å². The van der Waals surface area contributed by atoms with Crippen LogP contribution in [0.25, 0.3) is 0 Å². The van der Waals surface area contributed by atoms with Gasteiger partial charge in [0.1, 0.15) is 5.76 Å². The summed E-state index contributed by atoms with van der Waals surface area (Å²) < 4.78 is 7.18. The zero-order valence-corrected chi connectivity index (χ0v) is 16.8. The number of hydrogen-bond acceptors (Lipinski definition) is 6. The van der Waals surface area contributed by atoms with Gasteiger partial charge in [-0.05, 0) is 44.9 Å². The van der Waals surface area contributed by atoms with E-state index in [-0.39, 0.29) is 24.5 Å². The van der Waals surface area contributed by atoms with Crippen molar-refractivity contribution >= 4 is 12.4 Å². The molecule has 2 aliphatic rings. The Morgan fingerprint density at radius 3 is 2.59 bits per heavy atom. The van der Waals surface area contributed by atoms with Crippen LogP contribution in [0.15, 0.2) is 23.2 Å². The topological polar surface area (TPSA) is 122 Å². The first-order valence-electron chi connectivity index (χ1n) is 9.87. The first-order chi connectivity index (χ1) is 13.9. The van der Waals surface area contributed by atoms with Gasteiger partial charge in [0.05, 0.1) is 24.2 Å². The smallest absolute Gasteiger partial charge is 0.290 e. The third-order valence-corrected chi connectivity index (χ3v) is 6.14. The van der Waals surface area contributed by atoms with E-state index in [1.165, 1.54) is 0 Å². The van der Waals surface area contributed by atoms with Gasteiger partial charge in [0.15, 0.2) is 0 Å². The Bertz CT molecular complexity index is 799. The SMILES string of the molecule is Cc1noc(C)c1CCC(=O)N1C[C@H]2C[C@@H](n3ccnc3)[C@H](O)C[C@H]2C1.O=CO. The van der Waals surface area contributed by atoms with Gasteiger partial charge in [0.2, 0.25) is 5.91 Å². The third-order valence-electron chi connectivity index (χ3n) is 6.14. The maximum atomic E-state index is 12.7. The molecule has 0 radical (unpaired) electrons. The fraction of sp³-hybridized carbons (Fsp3) is 0.600. The van der Waals surface area contributed by atoms with Crippen molar-refractivity contribution in [2.45, 2.75) is 51.7 Å². The maximum Gasteiger partial charge on any atom is 0.290 e. The number of amides is 1. The molecule has 9 heteroatoms. The quantitative estimate of drug-likeness (QED) is 0.742. The molecule has 0 unspecified atom stereocenters. The lowest BCUT2D eigenvalue weighted by Gasteiger charge is -2.35. The van der Waals surface area contributed by atoms with Crippen molar-refractivity contribution in [3.8, 4) is 0 Å². The molecule has 1 amide bonds. The Hall–Kier alpha value is -2.68. The van der Waals surface area contributed by atoms with E-state index < -0.39 is 0 Å². The first kappa shape index (κ1) is 21.0. The maximum absolute atomic E-state index is 12.7. The molecule has 1 saturated carbocycles. The highest BCUT2D eigenvalue weighted by Gasteiger charge is 2.43. The summed E-state index contributed by atoms with van der Waals surface area (Å²) in [6.07, 6.45) is 7.87. The van der Waals surface area contributed by atoms with Gasteiger partial charge < -0.3 is 24.2 Å². The molecule has 3 heterocycles. The number of hydrogen-bond donors (Lipinski definition) is 2. The summed E-state index contributed by atoms with van der Waals surface area (Å²) >= 11 is 0. The molecule has 0 spiro atoms. The lowest BCUT2D eigenvalue weighted by atomic mass is 9.77. The summed E-state index contributed by atoms with van der Waals surface area (Å²) in [7, 11) is 0. The Balaban J connectivity index is 0.000000755. The summed E-state index contributed by atoms with van der Waals surface area (Å²) in [6, 6.07) is 0.0658. The van der Waals surface area contributed by atoms with E-state index in [0.717, 1.165) is 42.9 Å². The lowest BCUT2D eigenvalue weighted by Crippen LogP contribution is -2.35. The predicted octanol–water partition coefficient (Wildman–Crippen LogP) is 1.59. The van der Waals surface area contributed by atoms with Crippen molar-refractivity contribution in [2.24, 2.45) is 11.8 Å². The van der Waals surface area contributed by atoms with Gasteiger partial charge >= 0.3 is 0 Å². The highest BCUT2D eigenvalue weighted by atomic mass is 16.5. The molecular formula is C20H28N4O5. The molecule has 158 valence electrons. The average Bonchev–Trinajstić information content (AvgIpc) is 3.41. The Morgan fingerprint density at radius 2 is 2.00 bits per heavy atom. The molecule has 4 rings (SSSR count). The second kappa shape index (κ2) is 9.21. The molecule has 0 aromatic carbocycles. The summed E-state index contributed by atoms with van der Waals surface area (Å²) in [6.45, 7) is 5.11. The first-order valence-corrected chi connectivity index (χ1v) is 9.87. The van der Waals surface area contributed by atoms with Crippen LogP contribution >= 0.6 is 0 Å². The van der Waals surface area contributed by atoms with Crippen LogP contribution in [0.1, 0.15) is 42.3 Å². The van der Waals surface area contributed by atoms with Crippen LogP contribution in [0.4, 0.5) is 0 Å². The molecule has 9 nitrogen and oxygen atoms in total. The fourth-order valence-electron chi connectivity index (χ4n) is 4.65. The largest absolute Gasteiger partial charge is 0.483 e. The molecule has 2 N–H and O–H groups in total. The zero-order chi connectivity index (χ0) is 21.0. The number of nitrogens with zero attached hydrogens (tertiary/aromatic N) is 4. The van der Waals surface area contributed by atoms with Gasteiger partial charge in [-0.15, -0.1) is 0 Å². The van der Waals surface area contributed by atoms with E-state index in [4.69, 9.17) is 14.4 Å². The molecule has 29 heavy (non-hydrogen) atoms. The predicted molar refractivity (Wildman–Crippen MR) is 103 cm³/mol. The zero-order valence-electron chi connectivity index (χ0n) is 16.8. The van der Waals surface area contributed by atoms with E-state index in [2.05, 4.69) is 10.1 Å². The number of aryl methyl sites for hydroxylation is 2. The van der Waals surface area contributed by atoms with Crippen LogP contribution < -0.4 is 0 Å². The normalized spacial score (nSPS) is 25.8. The molecule has 2 aromatic heterocycles. The van der Waals surface area contributed by atoms with Crippen LogP contribution in [0.2, 0.25) is 0 Å². The van der Waals surface area contributed by atoms with Gasteiger partial charge in [0, 0.05) is 37.5 Å². The standard InChI is InChI=1S/C19H26N4O3.CH2O2/c1-12-16(13(2)26-21-12)3-4-19(25)23-9-14-7-17(22-6-5-20-11-22)18(24)8-15(14)10-23;2-1-3/h5-6,11,14-15,17-18,24H,3-4,7-10H2,1-2H3;1H,(H,2,3)/t14-,15+,17-,18-;/m1./s1. The number of likely N-dealkylation sites (tertiary alicyclic amines) is 1. The molecule has 1 aliphatic heterocycles. The van der Waals surface area contributed by atoms with E-state index in [1.807, 2.05) is 29.5 Å². The monoisotopic (exact) mass is 404 g/mol. The molecule has 1 aliphatic carbocycles. The van der Waals surface area contributed by atoms with Crippen molar-refractivity contribution in [1.82, 2.24) is 19.6 Å². The fourth-order valence-corrected chi connectivity index (χ4v) is 4.65. The number of rotatable bonds is 4. The van der Waals surface area contributed by atoms with Gasteiger partial charge in [-0.2, -0.15) is 0 Å². The van der Waals surface area contributed by atoms with Gasteiger partial charge in [-0.25, -0.2) is 4.98 Å². The summed E-state index contributed by atoms with van der Waals surface area (Å²) in [4.78, 5) is 27.1. The highest BCUT2D eigenvalue weighted by Crippen LogP contribution is 2.41. The van der Waals surface area contributed by atoms with Crippen molar-refractivity contribution in [2.75, 3.05) is 13.1 Å². The minimum atomic E-state index is -0.372. The molecule has 4 atom stereocenters. The molecular weight excluding hydrogens is 376 g/mol. The number of aromatic nitrogens is 3. The van der Waals surface area contributed by atoms with E-state index >= 15 is 0 Å². The van der Waals surface area contributed by atoms with Crippen LogP contribution in [-0.2, 0) is 16.0 Å². The second-order valence-corrected chi connectivity index (χ2v) is 7.84. The third kappa shape index (κ3) is 4.67. The highest BCUT2D eigenvalue weighted by molar-refractivity contribution is 5.76. The van der Waals surface area contributed by atoms with Gasteiger partial charge in [-0.1, -0.05) is 5.16 Å². The van der Waals surface area contributed by atoms with E-state index in [1.54, 1.807) is 12.5 Å². The van der Waals surface area contributed by atoms with Crippen LogP contribution in [0, 0.1) is 25.7 Å². The Kier molecular flexibility index (Phi) is 6.68. The summed E-state index contributed by atoms with van der Waals surface area (Å²) in [5.74, 6) is 1.84. The van der Waals surface area contributed by atoms with Crippen LogP contribution in [0.5, 0.6) is 0 Å². The van der Waals surface area contributed by atoms with E-state index in [9.17, 15) is 9.90 Å². The molecule has 1 saturated heterocycles. The number of carboxylic acid groups (broad SMARTS) is 1. The number of fused-ring (bicyclic) bond motifs is 1. The van der Waals surface area contributed by atoms with Crippen molar-refractivity contribution in [3.05, 3.63) is 35.7 Å².